The molecule has 1 aromatic carbocycles. The average molecular weight is 348 g/mol. The molecule has 108 valence electrons. The lowest BCUT2D eigenvalue weighted by molar-refractivity contribution is 0.0592. The van der Waals surface area contributed by atoms with Gasteiger partial charge in [-0.25, -0.2) is 14.8 Å². The maximum absolute atomic E-state index is 12.0. The Bertz CT molecular complexity index is 703. The van der Waals surface area contributed by atoms with Crippen LogP contribution in [0.3, 0.4) is 0 Å². The van der Waals surface area contributed by atoms with Crippen molar-refractivity contribution < 1.29 is 9.53 Å². The van der Waals surface area contributed by atoms with Crippen LogP contribution in [0.4, 0.5) is 0 Å². The number of carbonyl (C=O) groups is 1. The fourth-order valence-corrected chi connectivity index (χ4v) is 2.85. The molecule has 1 aliphatic heterocycles. The van der Waals surface area contributed by atoms with Crippen molar-refractivity contribution in [1.29, 1.82) is 0 Å². The van der Waals surface area contributed by atoms with Crippen molar-refractivity contribution in [1.82, 2.24) is 15.3 Å². The molecule has 3 rings (SSSR count). The summed E-state index contributed by atoms with van der Waals surface area (Å²) in [7, 11) is 1.37. The number of aromatic nitrogens is 2. The first kappa shape index (κ1) is 14.2. The van der Waals surface area contributed by atoms with Gasteiger partial charge in [-0.1, -0.05) is 34.1 Å². The predicted molar refractivity (Wildman–Crippen MR) is 81.9 cm³/mol. The van der Waals surface area contributed by atoms with Crippen molar-refractivity contribution in [2.45, 2.75) is 13.0 Å². The predicted octanol–water partition coefficient (Wildman–Crippen LogP) is 2.34. The molecular weight excluding hydrogens is 334 g/mol. The molecule has 2 aromatic rings. The van der Waals surface area contributed by atoms with E-state index in [0.717, 1.165) is 34.3 Å². The summed E-state index contributed by atoms with van der Waals surface area (Å²) in [4.78, 5) is 21.1. The number of ether oxygens (including phenoxy) is 1. The molecule has 1 aromatic heterocycles. The lowest BCUT2D eigenvalue weighted by Crippen LogP contribution is -2.28. The highest BCUT2D eigenvalue weighted by Crippen LogP contribution is 2.27. The van der Waals surface area contributed by atoms with Crippen LogP contribution in [-0.2, 0) is 17.7 Å². The number of benzene rings is 1. The van der Waals surface area contributed by atoms with Gasteiger partial charge in [0.25, 0.3) is 0 Å². The lowest BCUT2D eigenvalue weighted by atomic mass is 10.0. The van der Waals surface area contributed by atoms with Crippen molar-refractivity contribution >= 4 is 21.9 Å². The number of hydrogen-bond donors (Lipinski definition) is 1. The second-order valence-electron chi connectivity index (χ2n) is 4.72. The first-order valence-corrected chi connectivity index (χ1v) is 7.43. The number of hydrogen-bond acceptors (Lipinski definition) is 5. The number of esters is 1. The molecule has 0 spiro atoms. The van der Waals surface area contributed by atoms with Crippen LogP contribution in [-0.4, -0.2) is 29.6 Å². The van der Waals surface area contributed by atoms with Gasteiger partial charge in [0.15, 0.2) is 11.5 Å². The lowest BCUT2D eigenvalue weighted by Gasteiger charge is -2.19. The van der Waals surface area contributed by atoms with Gasteiger partial charge in [-0.3, -0.25) is 0 Å². The molecule has 0 aliphatic carbocycles. The molecule has 21 heavy (non-hydrogen) atoms. The highest BCUT2D eigenvalue weighted by atomic mass is 79.9. The highest BCUT2D eigenvalue weighted by molar-refractivity contribution is 9.10. The number of nitrogens with one attached hydrogen (secondary N) is 1. The van der Waals surface area contributed by atoms with Crippen LogP contribution in [0.5, 0.6) is 0 Å². The van der Waals surface area contributed by atoms with E-state index in [1.807, 2.05) is 24.3 Å². The van der Waals surface area contributed by atoms with Crippen molar-refractivity contribution in [2.24, 2.45) is 0 Å². The molecule has 0 amide bonds. The van der Waals surface area contributed by atoms with Crippen LogP contribution in [0.2, 0.25) is 0 Å². The summed E-state index contributed by atoms with van der Waals surface area (Å²) in [6.45, 7) is 1.45. The highest BCUT2D eigenvalue weighted by Gasteiger charge is 2.23. The first-order valence-electron chi connectivity index (χ1n) is 6.64. The Balaban J connectivity index is 2.19. The SMILES string of the molecule is COC(=O)c1nc(-c2ccccc2Br)nc2c1CCNC2. The third-order valence-electron chi connectivity index (χ3n) is 3.43. The normalized spacial score (nSPS) is 13.6. The summed E-state index contributed by atoms with van der Waals surface area (Å²) in [5.41, 5.74) is 2.98. The molecule has 0 radical (unpaired) electrons. The fraction of sp³-hybridized carbons (Fsp3) is 0.267. The molecule has 1 aliphatic rings. The standard InChI is InChI=1S/C15H14BrN3O2/c1-21-15(20)13-10-6-7-17-8-12(10)18-14(19-13)9-4-2-3-5-11(9)16/h2-5,17H,6-8H2,1H3. The monoisotopic (exact) mass is 347 g/mol. The minimum atomic E-state index is -0.413. The van der Waals surface area contributed by atoms with Gasteiger partial charge in [0, 0.05) is 22.1 Å². The van der Waals surface area contributed by atoms with E-state index in [-0.39, 0.29) is 0 Å². The van der Waals surface area contributed by atoms with E-state index in [1.54, 1.807) is 0 Å². The molecule has 1 N–H and O–H groups in total. The van der Waals surface area contributed by atoms with Crippen molar-refractivity contribution in [3.63, 3.8) is 0 Å². The van der Waals surface area contributed by atoms with Gasteiger partial charge in [-0.2, -0.15) is 0 Å². The molecule has 0 atom stereocenters. The number of halogens is 1. The Morgan fingerprint density at radius 2 is 2.14 bits per heavy atom. The van der Waals surface area contributed by atoms with Crippen LogP contribution in [0, 0.1) is 0 Å². The maximum Gasteiger partial charge on any atom is 0.357 e. The van der Waals surface area contributed by atoms with Gasteiger partial charge in [0.2, 0.25) is 0 Å². The second-order valence-corrected chi connectivity index (χ2v) is 5.57. The summed E-state index contributed by atoms with van der Waals surface area (Å²) in [5, 5.41) is 3.26. The quantitative estimate of drug-likeness (QED) is 0.844. The second kappa shape index (κ2) is 5.91. The van der Waals surface area contributed by atoms with Gasteiger partial charge in [-0.05, 0) is 19.0 Å². The molecule has 0 unspecified atom stereocenters. The van der Waals surface area contributed by atoms with Gasteiger partial charge in [0.05, 0.1) is 12.8 Å². The van der Waals surface area contributed by atoms with Crippen LogP contribution in [0.15, 0.2) is 28.7 Å². The van der Waals surface area contributed by atoms with E-state index in [9.17, 15) is 4.79 Å². The third-order valence-corrected chi connectivity index (χ3v) is 4.12. The molecule has 6 heteroatoms. The van der Waals surface area contributed by atoms with E-state index in [1.165, 1.54) is 7.11 Å². The number of carbonyl (C=O) groups excluding carboxylic acids is 1. The van der Waals surface area contributed by atoms with Crippen LogP contribution in [0.25, 0.3) is 11.4 Å². The van der Waals surface area contributed by atoms with E-state index in [4.69, 9.17) is 4.74 Å². The van der Waals surface area contributed by atoms with Crippen LogP contribution in [0.1, 0.15) is 21.7 Å². The number of methoxy groups -OCH3 is 1. The fourth-order valence-electron chi connectivity index (χ4n) is 2.39. The van der Waals surface area contributed by atoms with E-state index < -0.39 is 5.97 Å². The van der Waals surface area contributed by atoms with Gasteiger partial charge >= 0.3 is 5.97 Å². The molecule has 2 heterocycles. The topological polar surface area (TPSA) is 64.1 Å². The minimum Gasteiger partial charge on any atom is -0.464 e. The van der Waals surface area contributed by atoms with E-state index >= 15 is 0 Å². The Kier molecular flexibility index (Phi) is 3.98. The zero-order chi connectivity index (χ0) is 14.8. The van der Waals surface area contributed by atoms with Crippen LogP contribution < -0.4 is 5.32 Å². The number of rotatable bonds is 2. The summed E-state index contributed by atoms with van der Waals surface area (Å²) < 4.78 is 5.76. The minimum absolute atomic E-state index is 0.370. The zero-order valence-corrected chi connectivity index (χ0v) is 13.1. The smallest absolute Gasteiger partial charge is 0.357 e. The zero-order valence-electron chi connectivity index (χ0n) is 11.5. The van der Waals surface area contributed by atoms with Gasteiger partial charge in [0.1, 0.15) is 0 Å². The van der Waals surface area contributed by atoms with Crippen LogP contribution >= 0.6 is 15.9 Å². The summed E-state index contributed by atoms with van der Waals surface area (Å²) in [6.07, 6.45) is 0.732. The first-order chi connectivity index (χ1) is 10.2. The summed E-state index contributed by atoms with van der Waals surface area (Å²) in [6, 6.07) is 7.69. The summed E-state index contributed by atoms with van der Waals surface area (Å²) in [5.74, 6) is 0.120. The molecule has 0 saturated heterocycles. The molecule has 5 nitrogen and oxygen atoms in total. The third kappa shape index (κ3) is 2.69. The van der Waals surface area contributed by atoms with Crippen molar-refractivity contribution in [3.8, 4) is 11.4 Å². The Hall–Kier alpha value is -1.79. The Morgan fingerprint density at radius 1 is 1.33 bits per heavy atom. The Labute approximate surface area is 130 Å². The summed E-state index contributed by atoms with van der Waals surface area (Å²) >= 11 is 3.50. The molecule has 0 fully saturated rings. The van der Waals surface area contributed by atoms with Gasteiger partial charge < -0.3 is 10.1 Å². The number of fused-ring (bicyclic) bond motifs is 1. The van der Waals surface area contributed by atoms with Gasteiger partial charge in [-0.15, -0.1) is 0 Å². The van der Waals surface area contributed by atoms with E-state index in [0.29, 0.717) is 18.1 Å². The van der Waals surface area contributed by atoms with Crippen molar-refractivity contribution in [2.75, 3.05) is 13.7 Å². The Morgan fingerprint density at radius 3 is 2.90 bits per heavy atom. The molecule has 0 saturated carbocycles. The molecular formula is C15H14BrN3O2. The van der Waals surface area contributed by atoms with E-state index in [2.05, 4.69) is 31.2 Å². The average Bonchev–Trinajstić information content (AvgIpc) is 2.53. The maximum atomic E-state index is 12.0. The van der Waals surface area contributed by atoms with Crippen molar-refractivity contribution in [3.05, 3.63) is 45.7 Å². The number of nitrogens with zero attached hydrogens (tertiary/aromatic N) is 2. The largest absolute Gasteiger partial charge is 0.464 e. The molecule has 0 bridgehead atoms.